The molecule has 0 amide bonds. The first kappa shape index (κ1) is 29.0. The summed E-state index contributed by atoms with van der Waals surface area (Å²) in [5, 5.41) is 0. The largest absolute Gasteiger partial charge is 0.494 e. The molecular weight excluding hydrogens is 455 g/mol. The Kier molecular flexibility index (Phi) is 13.3. The van der Waals surface area contributed by atoms with E-state index in [2.05, 4.69) is 38.1 Å². The lowest BCUT2D eigenvalue weighted by atomic mass is 9.92. The van der Waals surface area contributed by atoms with Gasteiger partial charge in [0.2, 0.25) is 0 Å². The highest BCUT2D eigenvalue weighted by molar-refractivity contribution is 5.84. The molecule has 0 radical (unpaired) electrons. The van der Waals surface area contributed by atoms with Crippen molar-refractivity contribution in [2.45, 2.75) is 104 Å². The summed E-state index contributed by atoms with van der Waals surface area (Å²) in [5.41, 5.74) is 4.95. The Morgan fingerprint density at radius 1 is 0.568 bits per heavy atom. The molecule has 0 saturated heterocycles. The highest BCUT2D eigenvalue weighted by Gasteiger charge is 2.13. The number of benzene rings is 3. The molecule has 3 aromatic rings. The number of ether oxygens (including phenoxy) is 1. The van der Waals surface area contributed by atoms with Crippen LogP contribution in [0.15, 0.2) is 66.7 Å². The third kappa shape index (κ3) is 9.99. The Hall–Kier alpha value is -2.61. The fourth-order valence-corrected chi connectivity index (χ4v) is 5.02. The number of unbranched alkanes of at least 4 members (excludes halogenated alkanes) is 11. The maximum absolute atomic E-state index is 15.1. The van der Waals surface area contributed by atoms with E-state index in [0.717, 1.165) is 41.9 Å². The van der Waals surface area contributed by atoms with Gasteiger partial charge in [-0.05, 0) is 65.8 Å². The van der Waals surface area contributed by atoms with Crippen LogP contribution in [0.25, 0.3) is 22.3 Å². The Balaban J connectivity index is 1.63. The fraction of sp³-hybridized carbons (Fsp3) is 0.486. The Labute approximate surface area is 225 Å². The van der Waals surface area contributed by atoms with E-state index < -0.39 is 0 Å². The van der Waals surface area contributed by atoms with Gasteiger partial charge in [0.05, 0.1) is 6.61 Å². The van der Waals surface area contributed by atoms with E-state index in [9.17, 15) is 0 Å². The third-order valence-electron chi connectivity index (χ3n) is 7.23. The molecule has 200 valence electrons. The van der Waals surface area contributed by atoms with Gasteiger partial charge >= 0.3 is 0 Å². The molecule has 2 heteroatoms. The van der Waals surface area contributed by atoms with Crippen molar-refractivity contribution in [3.8, 4) is 28.0 Å². The SMILES string of the molecule is CCCCCCCCCCCc1ccc(F)c(-c2ccccc2-c2cccc(OCCCCCC)c2)c1. The highest BCUT2D eigenvalue weighted by atomic mass is 19.1. The first-order valence-corrected chi connectivity index (χ1v) is 14.8. The van der Waals surface area contributed by atoms with Crippen molar-refractivity contribution in [2.75, 3.05) is 6.61 Å². The molecule has 37 heavy (non-hydrogen) atoms. The van der Waals surface area contributed by atoms with Crippen LogP contribution in [0.5, 0.6) is 5.75 Å². The van der Waals surface area contributed by atoms with Crippen molar-refractivity contribution in [1.29, 1.82) is 0 Å². The normalized spacial score (nSPS) is 11.1. The molecular formula is C35H47FO. The van der Waals surface area contributed by atoms with Gasteiger partial charge in [-0.1, -0.05) is 127 Å². The van der Waals surface area contributed by atoms with Gasteiger partial charge < -0.3 is 4.74 Å². The number of aryl methyl sites for hydroxylation is 1. The summed E-state index contributed by atoms with van der Waals surface area (Å²) in [4.78, 5) is 0. The molecule has 0 aliphatic heterocycles. The number of halogens is 1. The zero-order valence-electron chi connectivity index (χ0n) is 23.2. The minimum Gasteiger partial charge on any atom is -0.494 e. The summed E-state index contributed by atoms with van der Waals surface area (Å²) in [7, 11) is 0. The molecule has 0 spiro atoms. The second-order valence-corrected chi connectivity index (χ2v) is 10.4. The summed E-state index contributed by atoms with van der Waals surface area (Å²) in [5.74, 6) is 0.718. The van der Waals surface area contributed by atoms with E-state index >= 15 is 4.39 Å². The van der Waals surface area contributed by atoms with Gasteiger partial charge in [0.15, 0.2) is 0 Å². The van der Waals surface area contributed by atoms with Crippen LogP contribution in [0.2, 0.25) is 0 Å². The van der Waals surface area contributed by atoms with Crippen LogP contribution < -0.4 is 4.74 Å². The van der Waals surface area contributed by atoms with Crippen LogP contribution in [0, 0.1) is 5.82 Å². The zero-order valence-corrected chi connectivity index (χ0v) is 23.2. The maximum atomic E-state index is 15.1. The quantitative estimate of drug-likeness (QED) is 0.157. The Morgan fingerprint density at radius 2 is 1.22 bits per heavy atom. The summed E-state index contributed by atoms with van der Waals surface area (Å²) in [6, 6.07) is 22.0. The fourth-order valence-electron chi connectivity index (χ4n) is 5.02. The van der Waals surface area contributed by atoms with Crippen LogP contribution in [-0.4, -0.2) is 6.61 Å². The van der Waals surface area contributed by atoms with E-state index in [1.54, 1.807) is 6.07 Å². The molecule has 3 rings (SSSR count). The molecule has 0 N–H and O–H groups in total. The van der Waals surface area contributed by atoms with Gasteiger partial charge in [-0.2, -0.15) is 0 Å². The van der Waals surface area contributed by atoms with Gasteiger partial charge in [-0.25, -0.2) is 4.39 Å². The topological polar surface area (TPSA) is 9.23 Å². The summed E-state index contributed by atoms with van der Waals surface area (Å²) < 4.78 is 21.1. The lowest BCUT2D eigenvalue weighted by Crippen LogP contribution is -1.97. The smallest absolute Gasteiger partial charge is 0.131 e. The second-order valence-electron chi connectivity index (χ2n) is 10.4. The van der Waals surface area contributed by atoms with E-state index in [0.29, 0.717) is 5.56 Å². The average molecular weight is 503 g/mol. The van der Waals surface area contributed by atoms with E-state index in [1.807, 2.05) is 36.4 Å². The number of hydrogen-bond donors (Lipinski definition) is 0. The van der Waals surface area contributed by atoms with Gasteiger partial charge in [-0.15, -0.1) is 0 Å². The lowest BCUT2D eigenvalue weighted by molar-refractivity contribution is 0.305. The van der Waals surface area contributed by atoms with Gasteiger partial charge in [0.1, 0.15) is 11.6 Å². The molecule has 0 bridgehead atoms. The summed E-state index contributed by atoms with van der Waals surface area (Å²) in [6.45, 7) is 5.22. The minimum atomic E-state index is -0.161. The van der Waals surface area contributed by atoms with Crippen molar-refractivity contribution in [3.05, 3.63) is 78.1 Å². The maximum Gasteiger partial charge on any atom is 0.131 e. The molecule has 0 aromatic heterocycles. The minimum absolute atomic E-state index is 0.161. The average Bonchev–Trinajstić information content (AvgIpc) is 2.93. The molecule has 0 atom stereocenters. The van der Waals surface area contributed by atoms with Crippen molar-refractivity contribution in [1.82, 2.24) is 0 Å². The first-order valence-electron chi connectivity index (χ1n) is 14.8. The van der Waals surface area contributed by atoms with E-state index in [-0.39, 0.29) is 5.82 Å². The monoisotopic (exact) mass is 502 g/mol. The standard InChI is InChI=1S/C35H47FO/c1-3-5-7-9-10-11-12-13-14-19-29-24-25-35(36)34(27-29)33-23-16-15-22-32(33)30-20-18-21-31(28-30)37-26-17-8-6-4-2/h15-16,18,20-25,27-28H,3-14,17,19,26H2,1-2H3. The highest BCUT2D eigenvalue weighted by Crippen LogP contribution is 2.35. The van der Waals surface area contributed by atoms with E-state index in [1.165, 1.54) is 82.6 Å². The second kappa shape index (κ2) is 17.0. The molecule has 0 heterocycles. The van der Waals surface area contributed by atoms with E-state index in [4.69, 9.17) is 4.74 Å². The molecule has 0 fully saturated rings. The van der Waals surface area contributed by atoms with Crippen molar-refractivity contribution in [2.24, 2.45) is 0 Å². The van der Waals surface area contributed by atoms with Crippen LogP contribution in [0.3, 0.4) is 0 Å². The summed E-state index contributed by atoms with van der Waals surface area (Å²) in [6.07, 6.45) is 17.6. The van der Waals surface area contributed by atoms with Crippen LogP contribution in [-0.2, 0) is 6.42 Å². The Morgan fingerprint density at radius 3 is 1.95 bits per heavy atom. The Bertz CT molecular complexity index is 1040. The third-order valence-corrected chi connectivity index (χ3v) is 7.23. The van der Waals surface area contributed by atoms with Gasteiger partial charge in [0.25, 0.3) is 0 Å². The molecule has 0 aliphatic rings. The number of hydrogen-bond acceptors (Lipinski definition) is 1. The molecule has 0 saturated carbocycles. The van der Waals surface area contributed by atoms with Crippen LogP contribution >= 0.6 is 0 Å². The molecule has 0 unspecified atom stereocenters. The predicted molar refractivity (Wildman–Crippen MR) is 158 cm³/mol. The van der Waals surface area contributed by atoms with Crippen molar-refractivity contribution in [3.63, 3.8) is 0 Å². The van der Waals surface area contributed by atoms with Crippen LogP contribution in [0.1, 0.15) is 103 Å². The summed E-state index contributed by atoms with van der Waals surface area (Å²) >= 11 is 0. The van der Waals surface area contributed by atoms with Crippen molar-refractivity contribution >= 4 is 0 Å². The molecule has 3 aromatic carbocycles. The predicted octanol–water partition coefficient (Wildman–Crippen LogP) is 11.2. The zero-order chi connectivity index (χ0) is 26.1. The van der Waals surface area contributed by atoms with Gasteiger partial charge in [0, 0.05) is 5.56 Å². The van der Waals surface area contributed by atoms with Crippen molar-refractivity contribution < 1.29 is 9.13 Å². The number of rotatable bonds is 18. The first-order chi connectivity index (χ1) is 18.2. The van der Waals surface area contributed by atoms with Gasteiger partial charge in [-0.3, -0.25) is 0 Å². The molecule has 0 aliphatic carbocycles. The van der Waals surface area contributed by atoms with Crippen LogP contribution in [0.4, 0.5) is 4.39 Å². The lowest BCUT2D eigenvalue weighted by Gasteiger charge is -2.14. The molecule has 1 nitrogen and oxygen atoms in total.